The summed E-state index contributed by atoms with van der Waals surface area (Å²) in [6.45, 7) is 0.735. The number of carbonyl (C=O) groups is 1. The molecule has 0 aromatic carbocycles. The summed E-state index contributed by atoms with van der Waals surface area (Å²) < 4.78 is 23.1. The Morgan fingerprint density at radius 2 is 2.00 bits per heavy atom. The Balaban J connectivity index is 2.31. The van der Waals surface area contributed by atoms with Crippen molar-refractivity contribution in [2.24, 2.45) is 0 Å². The van der Waals surface area contributed by atoms with Gasteiger partial charge >= 0.3 is 6.03 Å². The Labute approximate surface area is 77.3 Å². The summed E-state index contributed by atoms with van der Waals surface area (Å²) in [5, 5.41) is 5.01. The van der Waals surface area contributed by atoms with Crippen LogP contribution >= 0.6 is 0 Å². The second kappa shape index (κ2) is 3.51. The van der Waals surface area contributed by atoms with E-state index in [2.05, 4.69) is 10.6 Å². The van der Waals surface area contributed by atoms with Gasteiger partial charge in [0.25, 0.3) is 0 Å². The van der Waals surface area contributed by atoms with E-state index in [4.69, 9.17) is 0 Å². The van der Waals surface area contributed by atoms with Gasteiger partial charge in [0.15, 0.2) is 0 Å². The van der Waals surface area contributed by atoms with Crippen molar-refractivity contribution in [2.45, 2.75) is 6.04 Å². The first-order valence-electron chi connectivity index (χ1n) is 3.87. The van der Waals surface area contributed by atoms with Crippen molar-refractivity contribution < 1.29 is 13.2 Å². The molecule has 76 valence electrons. The lowest BCUT2D eigenvalue weighted by Gasteiger charge is -2.37. The minimum Gasteiger partial charge on any atom is -0.341 e. The fraction of sp³-hybridized carbons (Fsp3) is 0.833. The highest BCUT2D eigenvalue weighted by Crippen LogP contribution is 2.11. The lowest BCUT2D eigenvalue weighted by Crippen LogP contribution is -2.61. The molecule has 0 radical (unpaired) electrons. The largest absolute Gasteiger partial charge is 0.341 e. The van der Waals surface area contributed by atoms with Crippen LogP contribution in [0.4, 0.5) is 4.79 Å². The average Bonchev–Trinajstić information content (AvgIpc) is 1.92. The van der Waals surface area contributed by atoms with Crippen LogP contribution in [0.25, 0.3) is 0 Å². The molecule has 0 saturated carbocycles. The van der Waals surface area contributed by atoms with Gasteiger partial charge in [0.1, 0.15) is 0 Å². The van der Waals surface area contributed by atoms with Gasteiger partial charge in [-0.15, -0.1) is 0 Å². The zero-order valence-electron chi connectivity index (χ0n) is 7.57. The maximum absolute atomic E-state index is 10.9. The molecule has 6 nitrogen and oxygen atoms in total. The van der Waals surface area contributed by atoms with Gasteiger partial charge in [0.05, 0.1) is 12.3 Å². The van der Waals surface area contributed by atoms with Crippen LogP contribution in [0.15, 0.2) is 0 Å². The molecule has 7 heteroatoms. The number of nitrogens with one attached hydrogen (secondary N) is 2. The third-order valence-electron chi connectivity index (χ3n) is 1.88. The van der Waals surface area contributed by atoms with Crippen LogP contribution in [0.3, 0.4) is 0 Å². The molecule has 2 N–H and O–H groups in total. The van der Waals surface area contributed by atoms with Crippen molar-refractivity contribution in [3.8, 4) is 0 Å². The number of sulfonamides is 1. The Hall–Kier alpha value is -0.820. The van der Waals surface area contributed by atoms with Crippen molar-refractivity contribution >= 4 is 16.1 Å². The SMILES string of the molecule is CNC(=O)NC1CN(S(C)(=O)=O)C1. The number of rotatable bonds is 2. The third-order valence-corrected chi connectivity index (χ3v) is 3.12. The predicted molar refractivity (Wildman–Crippen MR) is 47.8 cm³/mol. The summed E-state index contributed by atoms with van der Waals surface area (Å²) in [5.41, 5.74) is 0. The van der Waals surface area contributed by atoms with Gasteiger partial charge in [0.2, 0.25) is 10.0 Å². The topological polar surface area (TPSA) is 78.5 Å². The maximum atomic E-state index is 10.9. The zero-order valence-corrected chi connectivity index (χ0v) is 8.39. The first kappa shape index (κ1) is 10.3. The van der Waals surface area contributed by atoms with E-state index < -0.39 is 10.0 Å². The molecular formula is C6H13N3O3S. The van der Waals surface area contributed by atoms with Crippen LogP contribution in [-0.4, -0.2) is 51.2 Å². The molecule has 1 aliphatic heterocycles. The lowest BCUT2D eigenvalue weighted by molar-refractivity contribution is 0.207. The standard InChI is InChI=1S/C6H13N3O3S/c1-7-6(10)8-5-3-9(4-5)13(2,11)12/h5H,3-4H2,1-2H3,(H2,7,8,10). The summed E-state index contributed by atoms with van der Waals surface area (Å²) >= 11 is 0. The van der Waals surface area contributed by atoms with E-state index in [1.165, 1.54) is 11.4 Å². The zero-order chi connectivity index (χ0) is 10.1. The molecule has 0 spiro atoms. The van der Waals surface area contributed by atoms with E-state index in [0.717, 1.165) is 6.26 Å². The summed E-state index contributed by atoms with van der Waals surface area (Å²) in [5.74, 6) is 0. The highest BCUT2D eigenvalue weighted by Gasteiger charge is 2.33. The van der Waals surface area contributed by atoms with Crippen LogP contribution in [0.1, 0.15) is 0 Å². The molecule has 0 bridgehead atoms. The normalized spacial score (nSPS) is 19.2. The van der Waals surface area contributed by atoms with E-state index in [1.54, 1.807) is 0 Å². The van der Waals surface area contributed by atoms with Crippen LogP contribution in [0, 0.1) is 0 Å². The number of urea groups is 1. The molecule has 1 aliphatic rings. The molecule has 0 unspecified atom stereocenters. The number of carbonyl (C=O) groups excluding carboxylic acids is 1. The van der Waals surface area contributed by atoms with E-state index in [9.17, 15) is 13.2 Å². The van der Waals surface area contributed by atoms with Gasteiger partial charge in [0, 0.05) is 20.1 Å². The number of nitrogens with zero attached hydrogens (tertiary/aromatic N) is 1. The van der Waals surface area contributed by atoms with E-state index in [-0.39, 0.29) is 12.1 Å². The fourth-order valence-corrected chi connectivity index (χ4v) is 1.96. The van der Waals surface area contributed by atoms with Crippen molar-refractivity contribution in [2.75, 3.05) is 26.4 Å². The van der Waals surface area contributed by atoms with E-state index >= 15 is 0 Å². The predicted octanol–water partition coefficient (Wildman–Crippen LogP) is -1.44. The summed E-state index contributed by atoms with van der Waals surface area (Å²) in [6.07, 6.45) is 1.16. The summed E-state index contributed by atoms with van der Waals surface area (Å²) in [7, 11) is -1.56. The average molecular weight is 207 g/mol. The Morgan fingerprint density at radius 1 is 1.46 bits per heavy atom. The molecule has 0 aromatic rings. The molecule has 1 rings (SSSR count). The summed E-state index contributed by atoms with van der Waals surface area (Å²) in [4.78, 5) is 10.8. The Kier molecular flexibility index (Phi) is 2.77. The van der Waals surface area contributed by atoms with Crippen LogP contribution < -0.4 is 10.6 Å². The van der Waals surface area contributed by atoms with Gasteiger partial charge in [-0.3, -0.25) is 0 Å². The van der Waals surface area contributed by atoms with Crippen LogP contribution in [0.2, 0.25) is 0 Å². The molecule has 0 aliphatic carbocycles. The van der Waals surface area contributed by atoms with Gasteiger partial charge < -0.3 is 10.6 Å². The quantitative estimate of drug-likeness (QED) is 0.582. The van der Waals surface area contributed by atoms with Gasteiger partial charge in [-0.2, -0.15) is 4.31 Å². The van der Waals surface area contributed by atoms with Crippen LogP contribution in [-0.2, 0) is 10.0 Å². The van der Waals surface area contributed by atoms with Crippen molar-refractivity contribution in [1.29, 1.82) is 0 Å². The number of hydrogen-bond donors (Lipinski definition) is 2. The summed E-state index contributed by atoms with van der Waals surface area (Å²) in [6, 6.07) is -0.340. The number of amides is 2. The molecule has 13 heavy (non-hydrogen) atoms. The minimum absolute atomic E-state index is 0.0605. The third kappa shape index (κ3) is 2.56. The molecule has 1 fully saturated rings. The monoisotopic (exact) mass is 207 g/mol. The first-order chi connectivity index (χ1) is 5.93. The molecule has 0 aromatic heterocycles. The van der Waals surface area contributed by atoms with Crippen molar-refractivity contribution in [3.63, 3.8) is 0 Å². The lowest BCUT2D eigenvalue weighted by atomic mass is 10.2. The molecule has 0 atom stereocenters. The number of hydrogen-bond acceptors (Lipinski definition) is 3. The maximum Gasteiger partial charge on any atom is 0.314 e. The van der Waals surface area contributed by atoms with Crippen molar-refractivity contribution in [3.05, 3.63) is 0 Å². The fourth-order valence-electron chi connectivity index (χ4n) is 1.06. The van der Waals surface area contributed by atoms with Crippen molar-refractivity contribution in [1.82, 2.24) is 14.9 Å². The van der Waals surface area contributed by atoms with Gasteiger partial charge in [-0.05, 0) is 0 Å². The van der Waals surface area contributed by atoms with Gasteiger partial charge in [-0.1, -0.05) is 0 Å². The smallest absolute Gasteiger partial charge is 0.314 e. The first-order valence-corrected chi connectivity index (χ1v) is 5.71. The van der Waals surface area contributed by atoms with Crippen LogP contribution in [0.5, 0.6) is 0 Å². The molecule has 2 amide bonds. The van der Waals surface area contributed by atoms with E-state index in [1.807, 2.05) is 0 Å². The van der Waals surface area contributed by atoms with E-state index in [0.29, 0.717) is 13.1 Å². The molecular weight excluding hydrogens is 194 g/mol. The second-order valence-corrected chi connectivity index (χ2v) is 4.98. The molecule has 1 heterocycles. The Bertz CT molecular complexity index is 294. The Morgan fingerprint density at radius 3 is 2.38 bits per heavy atom. The van der Waals surface area contributed by atoms with Gasteiger partial charge in [-0.25, -0.2) is 13.2 Å². The second-order valence-electron chi connectivity index (χ2n) is 3.00. The minimum atomic E-state index is -3.08. The highest BCUT2D eigenvalue weighted by molar-refractivity contribution is 7.88. The molecule has 1 saturated heterocycles. The highest BCUT2D eigenvalue weighted by atomic mass is 32.2.